The van der Waals surface area contributed by atoms with E-state index >= 15 is 0 Å². The summed E-state index contributed by atoms with van der Waals surface area (Å²) in [6, 6.07) is 19.0. The van der Waals surface area contributed by atoms with Crippen LogP contribution in [-0.4, -0.2) is 34.3 Å². The monoisotopic (exact) mass is 492 g/mol. The Balaban J connectivity index is 1.73. The molecule has 32 heavy (non-hydrogen) atoms. The number of methoxy groups -OCH3 is 1. The number of hydrogen-bond acceptors (Lipinski definition) is 5. The fraction of sp³-hybridized carbons (Fsp3) is 0.0417. The quantitative estimate of drug-likeness (QED) is 0.345. The van der Waals surface area contributed by atoms with Gasteiger partial charge in [0, 0.05) is 21.8 Å². The molecular formula is C24H18BrFN4O2. The van der Waals surface area contributed by atoms with Gasteiger partial charge in [0.15, 0.2) is 11.5 Å². The Labute approximate surface area is 192 Å². The van der Waals surface area contributed by atoms with E-state index in [9.17, 15) is 9.50 Å². The van der Waals surface area contributed by atoms with Crippen molar-refractivity contribution in [2.45, 2.75) is 0 Å². The van der Waals surface area contributed by atoms with Crippen molar-refractivity contribution in [2.75, 3.05) is 7.11 Å². The van der Waals surface area contributed by atoms with Gasteiger partial charge < -0.3 is 9.84 Å². The van der Waals surface area contributed by atoms with Crippen LogP contribution in [0.1, 0.15) is 11.1 Å². The van der Waals surface area contributed by atoms with E-state index in [1.807, 2.05) is 30.3 Å². The highest BCUT2D eigenvalue weighted by atomic mass is 79.9. The van der Waals surface area contributed by atoms with Gasteiger partial charge in [0.2, 0.25) is 0 Å². The van der Waals surface area contributed by atoms with Crippen molar-refractivity contribution in [1.82, 2.24) is 9.66 Å². The van der Waals surface area contributed by atoms with Crippen LogP contribution >= 0.6 is 15.9 Å². The number of aromatic nitrogens is 2. The summed E-state index contributed by atoms with van der Waals surface area (Å²) in [5.74, 6) is 0.283. The third-order valence-corrected chi connectivity index (χ3v) is 5.01. The third-order valence-electron chi connectivity index (χ3n) is 4.55. The molecule has 160 valence electrons. The Morgan fingerprint density at radius 3 is 2.53 bits per heavy atom. The fourth-order valence-corrected chi connectivity index (χ4v) is 3.39. The molecule has 0 saturated heterocycles. The summed E-state index contributed by atoms with van der Waals surface area (Å²) in [5.41, 5.74) is 2.77. The van der Waals surface area contributed by atoms with Crippen LogP contribution in [0.15, 0.2) is 87.5 Å². The van der Waals surface area contributed by atoms with E-state index in [4.69, 9.17) is 4.74 Å². The van der Waals surface area contributed by atoms with E-state index in [1.165, 1.54) is 30.1 Å². The van der Waals surface area contributed by atoms with Gasteiger partial charge in [0.05, 0.1) is 25.2 Å². The standard InChI is InChI=1S/C24H18BrFN4O2/c1-32-22-12-19(25)11-18(23(22)31)14-27-24-29-21(17-5-3-2-4-6-17)15-30(24)28-13-16-7-9-20(26)10-8-16/h2-15,31H,1H3/b27-14+,28-13-. The summed E-state index contributed by atoms with van der Waals surface area (Å²) < 4.78 is 20.6. The molecule has 0 saturated carbocycles. The van der Waals surface area contributed by atoms with E-state index in [0.29, 0.717) is 23.0 Å². The largest absolute Gasteiger partial charge is 0.504 e. The van der Waals surface area contributed by atoms with Gasteiger partial charge in [-0.05, 0) is 29.8 Å². The van der Waals surface area contributed by atoms with Crippen LogP contribution in [0.25, 0.3) is 11.3 Å². The summed E-state index contributed by atoms with van der Waals surface area (Å²) in [4.78, 5) is 9.03. The number of imidazole rings is 1. The zero-order chi connectivity index (χ0) is 22.5. The van der Waals surface area contributed by atoms with Crippen molar-refractivity contribution in [1.29, 1.82) is 0 Å². The van der Waals surface area contributed by atoms with Crippen molar-refractivity contribution >= 4 is 34.3 Å². The molecule has 0 aliphatic rings. The minimum atomic E-state index is -0.314. The maximum absolute atomic E-state index is 13.2. The Kier molecular flexibility index (Phi) is 6.42. The van der Waals surface area contributed by atoms with Crippen molar-refractivity contribution in [2.24, 2.45) is 10.1 Å². The summed E-state index contributed by atoms with van der Waals surface area (Å²) in [7, 11) is 1.48. The van der Waals surface area contributed by atoms with Gasteiger partial charge >= 0.3 is 0 Å². The molecular weight excluding hydrogens is 475 g/mol. The minimum absolute atomic E-state index is 0.0318. The normalized spacial score (nSPS) is 11.5. The number of aliphatic imine (C=N–C) groups is 1. The van der Waals surface area contributed by atoms with Crippen LogP contribution in [-0.2, 0) is 0 Å². The Hall–Kier alpha value is -3.78. The highest BCUT2D eigenvalue weighted by Gasteiger charge is 2.11. The average molecular weight is 493 g/mol. The highest BCUT2D eigenvalue weighted by Crippen LogP contribution is 2.33. The van der Waals surface area contributed by atoms with E-state index in [1.54, 1.807) is 36.7 Å². The van der Waals surface area contributed by atoms with Crippen LogP contribution in [0.3, 0.4) is 0 Å². The van der Waals surface area contributed by atoms with E-state index < -0.39 is 0 Å². The molecule has 8 heteroatoms. The fourth-order valence-electron chi connectivity index (χ4n) is 2.94. The first-order chi connectivity index (χ1) is 15.5. The molecule has 4 rings (SSSR count). The first-order valence-electron chi connectivity index (χ1n) is 9.59. The molecule has 0 spiro atoms. The van der Waals surface area contributed by atoms with E-state index in [0.717, 1.165) is 15.6 Å². The molecule has 0 atom stereocenters. The van der Waals surface area contributed by atoms with Crippen LogP contribution in [0, 0.1) is 5.82 Å². The van der Waals surface area contributed by atoms with E-state index in [-0.39, 0.29) is 11.6 Å². The van der Waals surface area contributed by atoms with Crippen molar-refractivity contribution < 1.29 is 14.2 Å². The van der Waals surface area contributed by atoms with Crippen LogP contribution in [0.4, 0.5) is 10.3 Å². The minimum Gasteiger partial charge on any atom is -0.504 e. The van der Waals surface area contributed by atoms with Crippen LogP contribution in [0.2, 0.25) is 0 Å². The Morgan fingerprint density at radius 2 is 1.81 bits per heavy atom. The van der Waals surface area contributed by atoms with Gasteiger partial charge in [-0.15, -0.1) is 0 Å². The molecule has 0 unspecified atom stereocenters. The zero-order valence-corrected chi connectivity index (χ0v) is 18.6. The maximum atomic E-state index is 13.2. The van der Waals surface area contributed by atoms with Crippen molar-refractivity contribution in [3.8, 4) is 22.8 Å². The number of benzene rings is 3. The lowest BCUT2D eigenvalue weighted by molar-refractivity contribution is 0.373. The second kappa shape index (κ2) is 9.57. The van der Waals surface area contributed by atoms with Gasteiger partial charge in [-0.1, -0.05) is 58.4 Å². The summed E-state index contributed by atoms with van der Waals surface area (Å²) in [6.45, 7) is 0. The second-order valence-corrected chi connectivity index (χ2v) is 7.65. The molecule has 1 heterocycles. The van der Waals surface area contributed by atoms with Gasteiger partial charge in [-0.2, -0.15) is 5.10 Å². The van der Waals surface area contributed by atoms with E-state index in [2.05, 4.69) is 31.0 Å². The smallest absolute Gasteiger partial charge is 0.251 e. The molecule has 0 bridgehead atoms. The second-order valence-electron chi connectivity index (χ2n) is 6.74. The number of ether oxygens (including phenoxy) is 1. The number of rotatable bonds is 6. The molecule has 0 fully saturated rings. The summed E-state index contributed by atoms with van der Waals surface area (Å²) in [5, 5.41) is 14.8. The lowest BCUT2D eigenvalue weighted by Gasteiger charge is -2.06. The SMILES string of the molecule is COc1cc(Br)cc(/C=N/c2nc(-c3ccccc3)cn2/N=C\c2ccc(F)cc2)c1O. The number of hydrogen-bond donors (Lipinski definition) is 1. The first-order valence-corrected chi connectivity index (χ1v) is 10.4. The predicted octanol–water partition coefficient (Wildman–Crippen LogP) is 5.80. The lowest BCUT2D eigenvalue weighted by Crippen LogP contribution is -1.92. The Morgan fingerprint density at radius 1 is 1.06 bits per heavy atom. The van der Waals surface area contributed by atoms with Crippen molar-refractivity contribution in [3.63, 3.8) is 0 Å². The van der Waals surface area contributed by atoms with Crippen LogP contribution < -0.4 is 4.74 Å². The molecule has 0 amide bonds. The lowest BCUT2D eigenvalue weighted by atomic mass is 10.2. The third kappa shape index (κ3) is 4.92. The molecule has 1 aromatic heterocycles. The Bertz CT molecular complexity index is 1290. The van der Waals surface area contributed by atoms with Gasteiger partial charge in [-0.25, -0.2) is 19.0 Å². The van der Waals surface area contributed by atoms with Gasteiger partial charge in [0.1, 0.15) is 5.82 Å². The number of aromatic hydroxyl groups is 1. The first kappa shape index (κ1) is 21.5. The molecule has 1 N–H and O–H groups in total. The van der Waals surface area contributed by atoms with Gasteiger partial charge in [-0.3, -0.25) is 0 Å². The molecule has 3 aromatic carbocycles. The molecule has 4 aromatic rings. The molecule has 0 radical (unpaired) electrons. The zero-order valence-electron chi connectivity index (χ0n) is 17.0. The predicted molar refractivity (Wildman–Crippen MR) is 127 cm³/mol. The molecule has 0 aliphatic carbocycles. The van der Waals surface area contributed by atoms with Crippen molar-refractivity contribution in [3.05, 3.63) is 94.3 Å². The number of phenols is 1. The molecule has 0 aliphatic heterocycles. The maximum Gasteiger partial charge on any atom is 0.251 e. The van der Waals surface area contributed by atoms with Gasteiger partial charge in [0.25, 0.3) is 5.95 Å². The summed E-state index contributed by atoms with van der Waals surface area (Å²) >= 11 is 3.40. The number of halogens is 2. The number of phenolic OH excluding ortho intramolecular Hbond substituents is 1. The molecule has 6 nitrogen and oxygen atoms in total. The average Bonchev–Trinajstić information content (AvgIpc) is 3.22. The van der Waals surface area contributed by atoms with Crippen LogP contribution in [0.5, 0.6) is 11.5 Å². The summed E-state index contributed by atoms with van der Waals surface area (Å²) in [6.07, 6.45) is 4.83. The highest BCUT2D eigenvalue weighted by molar-refractivity contribution is 9.10. The topological polar surface area (TPSA) is 72.0 Å². The number of nitrogens with zero attached hydrogens (tertiary/aromatic N) is 4.